The maximum atomic E-state index is 9.03. The number of rotatable bonds is 5. The summed E-state index contributed by atoms with van der Waals surface area (Å²) in [5.74, 6) is 0.652. The summed E-state index contributed by atoms with van der Waals surface area (Å²) in [6.45, 7) is 6.69. The molecule has 0 atom stereocenters. The van der Waals surface area contributed by atoms with Gasteiger partial charge in [0.2, 0.25) is 5.95 Å². The zero-order valence-electron chi connectivity index (χ0n) is 16.3. The van der Waals surface area contributed by atoms with E-state index in [0.29, 0.717) is 24.8 Å². The Morgan fingerprint density at radius 3 is 2.39 bits per heavy atom. The summed E-state index contributed by atoms with van der Waals surface area (Å²) in [5.41, 5.74) is 12.8. The summed E-state index contributed by atoms with van der Waals surface area (Å²) in [5, 5.41) is 9.03. The van der Waals surface area contributed by atoms with Crippen molar-refractivity contribution in [2.75, 3.05) is 57.1 Å². The predicted octanol–water partition coefficient (Wildman–Crippen LogP) is 1.66. The molecule has 0 amide bonds. The van der Waals surface area contributed by atoms with Crippen molar-refractivity contribution in [1.29, 1.82) is 5.26 Å². The monoisotopic (exact) mass is 401 g/mol. The van der Waals surface area contributed by atoms with E-state index in [2.05, 4.69) is 30.0 Å². The Morgan fingerprint density at radius 1 is 1.18 bits per heavy atom. The molecule has 1 fully saturated rings. The lowest BCUT2D eigenvalue weighted by Gasteiger charge is -2.33. The van der Waals surface area contributed by atoms with E-state index >= 15 is 0 Å². The standard InChI is InChI=1S/C16H18N6S.C3H9NO/c1-12-10-14(11-17)20-16(19-12)21-6-8-22(9-7-21)23-15-4-2-13(18)3-5-15;1-5-3-2-4/h2-5,10H,6-9,18H2,1H3;2-4H2,1H3. The highest BCUT2D eigenvalue weighted by Crippen LogP contribution is 2.25. The van der Waals surface area contributed by atoms with Crippen molar-refractivity contribution in [3.63, 3.8) is 0 Å². The number of hydrogen-bond donors (Lipinski definition) is 2. The number of ether oxygens (including phenoxy) is 1. The van der Waals surface area contributed by atoms with Crippen molar-refractivity contribution in [2.45, 2.75) is 11.8 Å². The fraction of sp³-hybridized carbons (Fsp3) is 0.421. The summed E-state index contributed by atoms with van der Waals surface area (Å²) in [7, 11) is 1.63. The van der Waals surface area contributed by atoms with Gasteiger partial charge in [0, 0.05) is 56.1 Å². The SMILES string of the molecule is COCCN.Cc1cc(C#N)nc(N2CCN(Sc3ccc(N)cc3)CC2)n1. The molecule has 150 valence electrons. The molecular weight excluding hydrogens is 374 g/mol. The van der Waals surface area contributed by atoms with Gasteiger partial charge in [-0.15, -0.1) is 0 Å². The van der Waals surface area contributed by atoms with Gasteiger partial charge in [-0.1, -0.05) is 0 Å². The largest absolute Gasteiger partial charge is 0.399 e. The number of aromatic nitrogens is 2. The molecule has 1 aromatic carbocycles. The highest BCUT2D eigenvalue weighted by Gasteiger charge is 2.20. The van der Waals surface area contributed by atoms with Crippen molar-refractivity contribution in [3.05, 3.63) is 41.7 Å². The molecule has 2 aromatic rings. The predicted molar refractivity (Wildman–Crippen MR) is 113 cm³/mol. The maximum Gasteiger partial charge on any atom is 0.226 e. The lowest BCUT2D eigenvalue weighted by atomic mass is 10.3. The third-order valence-electron chi connectivity index (χ3n) is 3.92. The first-order valence-corrected chi connectivity index (χ1v) is 9.81. The number of aryl methyl sites for hydroxylation is 1. The minimum atomic E-state index is 0.422. The highest BCUT2D eigenvalue weighted by molar-refractivity contribution is 7.97. The third kappa shape index (κ3) is 6.98. The Balaban J connectivity index is 0.000000500. The second kappa shape index (κ2) is 11.5. The van der Waals surface area contributed by atoms with Crippen LogP contribution in [0.2, 0.25) is 0 Å². The molecule has 1 aliphatic rings. The van der Waals surface area contributed by atoms with E-state index in [1.165, 1.54) is 4.90 Å². The summed E-state index contributed by atoms with van der Waals surface area (Å²) < 4.78 is 6.89. The van der Waals surface area contributed by atoms with E-state index in [1.807, 2.05) is 31.2 Å². The van der Waals surface area contributed by atoms with Crippen LogP contribution >= 0.6 is 11.9 Å². The summed E-state index contributed by atoms with van der Waals surface area (Å²) in [6, 6.07) is 11.7. The molecule has 3 rings (SSSR count). The van der Waals surface area contributed by atoms with Crippen LogP contribution in [0.1, 0.15) is 11.4 Å². The quantitative estimate of drug-likeness (QED) is 0.569. The van der Waals surface area contributed by atoms with Crippen molar-refractivity contribution >= 4 is 23.6 Å². The lowest BCUT2D eigenvalue weighted by molar-refractivity contribution is 0.207. The average Bonchev–Trinajstić information content (AvgIpc) is 2.71. The normalized spacial score (nSPS) is 14.1. The van der Waals surface area contributed by atoms with Gasteiger partial charge in [0.05, 0.1) is 6.61 Å². The molecule has 8 nitrogen and oxygen atoms in total. The molecule has 0 radical (unpaired) electrons. The fourth-order valence-electron chi connectivity index (χ4n) is 2.53. The van der Waals surface area contributed by atoms with Gasteiger partial charge in [-0.3, -0.25) is 0 Å². The van der Waals surface area contributed by atoms with E-state index in [0.717, 1.165) is 37.6 Å². The number of nitrogens with two attached hydrogens (primary N) is 2. The molecule has 0 unspecified atom stereocenters. The number of benzene rings is 1. The van der Waals surface area contributed by atoms with Crippen LogP contribution in [0.4, 0.5) is 11.6 Å². The van der Waals surface area contributed by atoms with Crippen LogP contribution in [0.25, 0.3) is 0 Å². The summed E-state index contributed by atoms with van der Waals surface area (Å²) in [4.78, 5) is 12.1. The van der Waals surface area contributed by atoms with Crippen LogP contribution in [0.15, 0.2) is 35.2 Å². The number of nitriles is 1. The first-order valence-electron chi connectivity index (χ1n) is 9.04. The molecule has 0 aliphatic carbocycles. The molecule has 0 bridgehead atoms. The minimum absolute atomic E-state index is 0.422. The number of hydrogen-bond acceptors (Lipinski definition) is 9. The minimum Gasteiger partial charge on any atom is -0.399 e. The van der Waals surface area contributed by atoms with Crippen molar-refractivity contribution in [2.24, 2.45) is 5.73 Å². The van der Waals surface area contributed by atoms with E-state index in [-0.39, 0.29) is 0 Å². The Labute approximate surface area is 170 Å². The molecule has 28 heavy (non-hydrogen) atoms. The van der Waals surface area contributed by atoms with Crippen LogP contribution in [-0.4, -0.2) is 60.7 Å². The number of nitrogen functional groups attached to an aromatic ring is 1. The van der Waals surface area contributed by atoms with Crippen LogP contribution in [0.3, 0.4) is 0 Å². The van der Waals surface area contributed by atoms with Crippen molar-refractivity contribution in [3.8, 4) is 6.07 Å². The van der Waals surface area contributed by atoms with Crippen LogP contribution in [-0.2, 0) is 4.74 Å². The van der Waals surface area contributed by atoms with E-state index in [9.17, 15) is 0 Å². The van der Waals surface area contributed by atoms with Crippen LogP contribution in [0, 0.1) is 18.3 Å². The number of methoxy groups -OCH3 is 1. The number of anilines is 2. The molecule has 4 N–H and O–H groups in total. The van der Waals surface area contributed by atoms with Gasteiger partial charge >= 0.3 is 0 Å². The Hall–Kier alpha value is -2.38. The second-order valence-electron chi connectivity index (χ2n) is 6.16. The first kappa shape index (κ1) is 21.9. The second-order valence-corrected chi connectivity index (χ2v) is 7.33. The van der Waals surface area contributed by atoms with Crippen LogP contribution in [0.5, 0.6) is 0 Å². The fourth-order valence-corrected chi connectivity index (χ4v) is 3.43. The van der Waals surface area contributed by atoms with E-state index < -0.39 is 0 Å². The average molecular weight is 402 g/mol. The molecule has 1 aliphatic heterocycles. The number of nitrogens with zero attached hydrogens (tertiary/aromatic N) is 5. The Bertz CT molecular complexity index is 769. The maximum absolute atomic E-state index is 9.03. The topological polar surface area (TPSA) is 117 Å². The molecule has 1 aromatic heterocycles. The molecule has 2 heterocycles. The summed E-state index contributed by atoms with van der Waals surface area (Å²) >= 11 is 1.74. The molecular formula is C19H27N7OS. The smallest absolute Gasteiger partial charge is 0.226 e. The summed E-state index contributed by atoms with van der Waals surface area (Å²) in [6.07, 6.45) is 0. The zero-order valence-corrected chi connectivity index (χ0v) is 17.2. The van der Waals surface area contributed by atoms with Crippen LogP contribution < -0.4 is 16.4 Å². The molecule has 0 saturated carbocycles. The van der Waals surface area contributed by atoms with Crippen molar-refractivity contribution in [1.82, 2.24) is 14.3 Å². The van der Waals surface area contributed by atoms with Gasteiger partial charge < -0.3 is 21.1 Å². The van der Waals surface area contributed by atoms with Gasteiger partial charge in [0.1, 0.15) is 11.8 Å². The Kier molecular flexibility index (Phi) is 8.97. The van der Waals surface area contributed by atoms with Crippen molar-refractivity contribution < 1.29 is 4.74 Å². The third-order valence-corrected chi connectivity index (χ3v) is 5.02. The van der Waals surface area contributed by atoms with E-state index in [4.69, 9.17) is 16.7 Å². The Morgan fingerprint density at radius 2 is 1.86 bits per heavy atom. The number of piperazine rings is 1. The van der Waals surface area contributed by atoms with Gasteiger partial charge in [-0.25, -0.2) is 14.3 Å². The first-order chi connectivity index (χ1) is 13.5. The lowest BCUT2D eigenvalue weighted by Crippen LogP contribution is -2.44. The molecule has 9 heteroatoms. The van der Waals surface area contributed by atoms with Gasteiger partial charge in [0.15, 0.2) is 0 Å². The highest BCUT2D eigenvalue weighted by atomic mass is 32.2. The molecule has 1 saturated heterocycles. The molecule has 0 spiro atoms. The van der Waals surface area contributed by atoms with Gasteiger partial charge in [-0.2, -0.15) is 5.26 Å². The zero-order chi connectivity index (χ0) is 20.4. The van der Waals surface area contributed by atoms with Gasteiger partial charge in [-0.05, 0) is 49.2 Å². The van der Waals surface area contributed by atoms with E-state index in [1.54, 1.807) is 25.1 Å². The van der Waals surface area contributed by atoms with Gasteiger partial charge in [0.25, 0.3) is 0 Å².